The summed E-state index contributed by atoms with van der Waals surface area (Å²) < 4.78 is 0. The van der Waals surface area contributed by atoms with Gasteiger partial charge in [0, 0.05) is 17.6 Å². The minimum Gasteiger partial charge on any atom is -0.480 e. The number of carboxylic acids is 1. The number of hydrogen-bond donors (Lipinski definition) is 2. The lowest BCUT2D eigenvalue weighted by molar-refractivity contribution is -0.139. The van der Waals surface area contributed by atoms with Gasteiger partial charge in [-0.3, -0.25) is 10.1 Å². The smallest absolute Gasteiger partial charge is 0.325 e. The Balaban J connectivity index is 2.04. The van der Waals surface area contributed by atoms with E-state index in [4.69, 9.17) is 0 Å². The van der Waals surface area contributed by atoms with E-state index in [1.54, 1.807) is 17.5 Å². The lowest BCUT2D eigenvalue weighted by Crippen LogP contribution is -2.27. The normalized spacial score (nSPS) is 12.3. The van der Waals surface area contributed by atoms with Crippen LogP contribution in [0.2, 0.25) is 0 Å². The van der Waals surface area contributed by atoms with Crippen molar-refractivity contribution < 1.29 is 9.90 Å². The summed E-state index contributed by atoms with van der Waals surface area (Å²) in [6.45, 7) is 2.57. The number of hydrogen-bond acceptors (Lipinski definition) is 4. The van der Waals surface area contributed by atoms with Crippen LogP contribution in [0.3, 0.4) is 0 Å². The molecular formula is C14H16N2O2S. The summed E-state index contributed by atoms with van der Waals surface area (Å²) in [7, 11) is 0. The molecule has 0 aliphatic carbocycles. The molecule has 0 saturated heterocycles. The largest absolute Gasteiger partial charge is 0.480 e. The predicted octanol–water partition coefficient (Wildman–Crippen LogP) is 2.62. The number of carboxylic acid groups (broad SMARTS) is 1. The standard InChI is InChI=1S/C14H16N2O2S/c1-2-12-15-8-11(19-12)9-16-13(14(17)18)10-6-4-3-5-7-10/h3-8,13,16H,2,9H2,1H3,(H,17,18)/t13-/m0/s1. The Bertz CT molecular complexity index is 539. The molecule has 4 nitrogen and oxygen atoms in total. The number of nitrogens with zero attached hydrogens (tertiary/aromatic N) is 1. The number of aromatic nitrogens is 1. The zero-order valence-corrected chi connectivity index (χ0v) is 11.5. The molecule has 0 spiro atoms. The highest BCUT2D eigenvalue weighted by atomic mass is 32.1. The second kappa shape index (κ2) is 6.45. The average Bonchev–Trinajstić information content (AvgIpc) is 2.88. The van der Waals surface area contributed by atoms with Gasteiger partial charge in [-0.1, -0.05) is 37.3 Å². The fraction of sp³-hybridized carbons (Fsp3) is 0.286. The molecule has 0 bridgehead atoms. The lowest BCUT2D eigenvalue weighted by Gasteiger charge is -2.13. The number of carbonyl (C=O) groups is 1. The Labute approximate surface area is 116 Å². The zero-order chi connectivity index (χ0) is 13.7. The first kappa shape index (κ1) is 13.7. The predicted molar refractivity (Wildman–Crippen MR) is 75.2 cm³/mol. The third kappa shape index (κ3) is 3.62. The van der Waals surface area contributed by atoms with Gasteiger partial charge in [-0.15, -0.1) is 11.3 Å². The maximum atomic E-state index is 11.3. The number of benzene rings is 1. The molecule has 0 saturated carbocycles. The van der Waals surface area contributed by atoms with Gasteiger partial charge in [-0.2, -0.15) is 0 Å². The molecule has 2 aromatic rings. The molecule has 1 aromatic heterocycles. The summed E-state index contributed by atoms with van der Waals surface area (Å²) in [4.78, 5) is 16.6. The van der Waals surface area contributed by atoms with Gasteiger partial charge in [-0.25, -0.2) is 4.98 Å². The van der Waals surface area contributed by atoms with Crippen LogP contribution in [0.1, 0.15) is 28.4 Å². The number of nitrogens with one attached hydrogen (secondary N) is 1. The van der Waals surface area contributed by atoms with Gasteiger partial charge in [0.05, 0.1) is 5.01 Å². The molecule has 0 aliphatic heterocycles. The van der Waals surface area contributed by atoms with E-state index in [1.807, 2.05) is 30.3 Å². The van der Waals surface area contributed by atoms with Crippen molar-refractivity contribution in [3.05, 3.63) is 52.0 Å². The molecule has 0 unspecified atom stereocenters. The first-order valence-electron chi connectivity index (χ1n) is 6.15. The van der Waals surface area contributed by atoms with Crippen molar-refractivity contribution in [1.29, 1.82) is 0 Å². The van der Waals surface area contributed by atoms with Crippen LogP contribution in [-0.4, -0.2) is 16.1 Å². The lowest BCUT2D eigenvalue weighted by atomic mass is 10.1. The Morgan fingerprint density at radius 1 is 1.42 bits per heavy atom. The van der Waals surface area contributed by atoms with Gasteiger partial charge in [-0.05, 0) is 12.0 Å². The first-order valence-corrected chi connectivity index (χ1v) is 6.97. The highest BCUT2D eigenvalue weighted by molar-refractivity contribution is 7.11. The van der Waals surface area contributed by atoms with Crippen LogP contribution in [-0.2, 0) is 17.8 Å². The third-order valence-electron chi connectivity index (χ3n) is 2.76. The Morgan fingerprint density at radius 2 is 2.16 bits per heavy atom. The topological polar surface area (TPSA) is 62.2 Å². The molecule has 100 valence electrons. The zero-order valence-electron chi connectivity index (χ0n) is 10.7. The minimum atomic E-state index is -0.869. The van der Waals surface area contributed by atoms with Crippen LogP contribution in [0, 0.1) is 0 Å². The Morgan fingerprint density at radius 3 is 2.74 bits per heavy atom. The Hall–Kier alpha value is -1.72. The molecular weight excluding hydrogens is 260 g/mol. The first-order chi connectivity index (χ1) is 9.20. The fourth-order valence-electron chi connectivity index (χ4n) is 1.79. The number of thiazole rings is 1. The third-order valence-corrected chi connectivity index (χ3v) is 3.91. The van der Waals surface area contributed by atoms with E-state index in [2.05, 4.69) is 17.2 Å². The second-order valence-corrected chi connectivity index (χ2v) is 5.34. The Kier molecular flexibility index (Phi) is 4.65. The van der Waals surface area contributed by atoms with Crippen LogP contribution in [0.5, 0.6) is 0 Å². The summed E-state index contributed by atoms with van der Waals surface area (Å²) in [6.07, 6.45) is 2.71. The van der Waals surface area contributed by atoms with Gasteiger partial charge in [0.1, 0.15) is 6.04 Å². The van der Waals surface area contributed by atoms with Crippen LogP contribution < -0.4 is 5.32 Å². The van der Waals surface area contributed by atoms with Crippen molar-refractivity contribution in [2.45, 2.75) is 25.9 Å². The summed E-state index contributed by atoms with van der Waals surface area (Å²) in [5, 5.41) is 13.4. The summed E-state index contributed by atoms with van der Waals surface area (Å²) in [5.74, 6) is -0.869. The molecule has 0 aliphatic rings. The highest BCUT2D eigenvalue weighted by Crippen LogP contribution is 2.17. The fourth-order valence-corrected chi connectivity index (χ4v) is 2.60. The van der Waals surface area contributed by atoms with Crippen LogP contribution in [0.15, 0.2) is 36.5 Å². The highest BCUT2D eigenvalue weighted by Gasteiger charge is 2.18. The number of rotatable bonds is 6. The van der Waals surface area contributed by atoms with E-state index < -0.39 is 12.0 Å². The molecule has 1 atom stereocenters. The summed E-state index contributed by atoms with van der Waals surface area (Å²) in [6, 6.07) is 8.50. The maximum absolute atomic E-state index is 11.3. The van der Waals surface area contributed by atoms with Gasteiger partial charge in [0.25, 0.3) is 0 Å². The molecule has 1 aromatic carbocycles. The van der Waals surface area contributed by atoms with Crippen LogP contribution >= 0.6 is 11.3 Å². The van der Waals surface area contributed by atoms with Gasteiger partial charge in [0.15, 0.2) is 0 Å². The van der Waals surface area contributed by atoms with E-state index in [9.17, 15) is 9.90 Å². The van der Waals surface area contributed by atoms with E-state index in [0.717, 1.165) is 21.9 Å². The van der Waals surface area contributed by atoms with Crippen molar-refractivity contribution in [2.24, 2.45) is 0 Å². The molecule has 1 heterocycles. The quantitative estimate of drug-likeness (QED) is 0.851. The SMILES string of the molecule is CCc1ncc(CN[C@H](C(=O)O)c2ccccc2)s1. The molecule has 0 radical (unpaired) electrons. The molecule has 5 heteroatoms. The van der Waals surface area contributed by atoms with E-state index in [-0.39, 0.29) is 0 Å². The molecule has 2 N–H and O–H groups in total. The summed E-state index contributed by atoms with van der Waals surface area (Å²) >= 11 is 1.62. The minimum absolute atomic E-state index is 0.517. The molecule has 0 amide bonds. The van der Waals surface area contributed by atoms with Crippen LogP contribution in [0.4, 0.5) is 0 Å². The van der Waals surface area contributed by atoms with Crippen molar-refractivity contribution in [3.8, 4) is 0 Å². The summed E-state index contributed by atoms with van der Waals surface area (Å²) in [5.41, 5.74) is 0.759. The molecule has 0 fully saturated rings. The van der Waals surface area contributed by atoms with Crippen molar-refractivity contribution in [3.63, 3.8) is 0 Å². The van der Waals surface area contributed by atoms with Crippen molar-refractivity contribution in [2.75, 3.05) is 0 Å². The monoisotopic (exact) mass is 276 g/mol. The van der Waals surface area contributed by atoms with E-state index in [1.165, 1.54) is 0 Å². The average molecular weight is 276 g/mol. The van der Waals surface area contributed by atoms with Crippen LogP contribution in [0.25, 0.3) is 0 Å². The van der Waals surface area contributed by atoms with E-state index in [0.29, 0.717) is 6.54 Å². The van der Waals surface area contributed by atoms with Crippen molar-refractivity contribution >= 4 is 17.3 Å². The number of aryl methyl sites for hydroxylation is 1. The van der Waals surface area contributed by atoms with Crippen molar-refractivity contribution in [1.82, 2.24) is 10.3 Å². The van der Waals surface area contributed by atoms with Gasteiger partial charge >= 0.3 is 5.97 Å². The second-order valence-electron chi connectivity index (χ2n) is 4.14. The van der Waals surface area contributed by atoms with Gasteiger partial charge < -0.3 is 5.11 Å². The maximum Gasteiger partial charge on any atom is 0.325 e. The number of aliphatic carboxylic acids is 1. The molecule has 2 rings (SSSR count). The molecule has 19 heavy (non-hydrogen) atoms. The van der Waals surface area contributed by atoms with E-state index >= 15 is 0 Å². The van der Waals surface area contributed by atoms with Gasteiger partial charge in [0.2, 0.25) is 0 Å².